The molecule has 0 radical (unpaired) electrons. The van der Waals surface area contributed by atoms with Gasteiger partial charge in [-0.05, 0) is 18.2 Å². The van der Waals surface area contributed by atoms with Crippen LogP contribution >= 0.6 is 23.2 Å². The fourth-order valence-corrected chi connectivity index (χ4v) is 2.23. The number of hydrogen-bond acceptors (Lipinski definition) is 3. The van der Waals surface area contributed by atoms with E-state index < -0.39 is 5.82 Å². The summed E-state index contributed by atoms with van der Waals surface area (Å²) in [4.78, 5) is 4.10. The quantitative estimate of drug-likeness (QED) is 0.747. The van der Waals surface area contributed by atoms with Crippen LogP contribution in [-0.4, -0.2) is 19.7 Å². The van der Waals surface area contributed by atoms with Crippen molar-refractivity contribution in [2.24, 2.45) is 0 Å². The van der Waals surface area contributed by atoms with Crippen molar-refractivity contribution in [2.75, 3.05) is 0 Å². The van der Waals surface area contributed by atoms with Crippen molar-refractivity contribution in [1.29, 1.82) is 0 Å². The van der Waals surface area contributed by atoms with E-state index in [1.54, 1.807) is 0 Å². The molecule has 0 amide bonds. The summed E-state index contributed by atoms with van der Waals surface area (Å²) in [5, 5.41) is 14.6. The van der Waals surface area contributed by atoms with E-state index in [1.165, 1.54) is 29.0 Å². The highest BCUT2D eigenvalue weighted by molar-refractivity contribution is 6.34. The lowest BCUT2D eigenvalue weighted by molar-refractivity contribution is 0.437. The average molecular weight is 298 g/mol. The Balaban J connectivity index is 2.28. The molecule has 96 valence electrons. The molecule has 0 saturated heterocycles. The summed E-state index contributed by atoms with van der Waals surface area (Å²) >= 11 is 11.8. The van der Waals surface area contributed by atoms with Gasteiger partial charge in [-0.15, -0.1) is 0 Å². The Morgan fingerprint density at radius 2 is 1.89 bits per heavy atom. The fourth-order valence-electron chi connectivity index (χ4n) is 1.79. The van der Waals surface area contributed by atoms with Crippen LogP contribution in [0.4, 0.5) is 4.39 Å². The van der Waals surface area contributed by atoms with E-state index in [4.69, 9.17) is 23.2 Å². The number of hydrogen-bond donors (Lipinski definition) is 1. The van der Waals surface area contributed by atoms with Crippen LogP contribution in [0.3, 0.4) is 0 Å². The van der Waals surface area contributed by atoms with E-state index in [0.29, 0.717) is 21.8 Å². The summed E-state index contributed by atoms with van der Waals surface area (Å²) in [5.41, 5.74) is 1.14. The highest BCUT2D eigenvalue weighted by Gasteiger charge is 2.15. The lowest BCUT2D eigenvalue weighted by Crippen LogP contribution is -1.94. The Morgan fingerprint density at radius 3 is 2.63 bits per heavy atom. The molecule has 0 spiro atoms. The van der Waals surface area contributed by atoms with E-state index in [1.807, 2.05) is 0 Å². The van der Waals surface area contributed by atoms with Crippen LogP contribution in [0.2, 0.25) is 10.0 Å². The smallest absolute Gasteiger partial charge is 0.223 e. The van der Waals surface area contributed by atoms with Gasteiger partial charge < -0.3 is 5.11 Å². The molecule has 1 N–H and O–H groups in total. The van der Waals surface area contributed by atoms with Gasteiger partial charge in [-0.25, -0.2) is 9.37 Å². The molecule has 0 saturated carbocycles. The largest absolute Gasteiger partial charge is 0.493 e. The number of halogens is 3. The normalized spacial score (nSPS) is 11.1. The molecular weight excluding hydrogens is 292 g/mol. The first-order chi connectivity index (χ1) is 9.08. The number of fused-ring (bicyclic) bond motifs is 1. The van der Waals surface area contributed by atoms with Crippen LogP contribution in [0.25, 0.3) is 16.8 Å². The molecular formula is C12H6Cl2FN3O. The monoisotopic (exact) mass is 297 g/mol. The first kappa shape index (κ1) is 12.2. The van der Waals surface area contributed by atoms with Gasteiger partial charge in [0.2, 0.25) is 5.88 Å². The molecule has 2 heterocycles. The molecule has 0 bridgehead atoms. The van der Waals surface area contributed by atoms with Crippen LogP contribution in [0.1, 0.15) is 0 Å². The molecule has 0 aliphatic heterocycles. The maximum absolute atomic E-state index is 13.0. The summed E-state index contributed by atoms with van der Waals surface area (Å²) in [5.74, 6) is -0.616. The van der Waals surface area contributed by atoms with E-state index >= 15 is 0 Å². The first-order valence-corrected chi connectivity index (χ1v) is 6.00. The van der Waals surface area contributed by atoms with Crippen LogP contribution in [-0.2, 0) is 0 Å². The number of rotatable bonds is 1. The van der Waals surface area contributed by atoms with E-state index in [9.17, 15) is 9.50 Å². The van der Waals surface area contributed by atoms with Crippen molar-refractivity contribution in [3.8, 4) is 17.0 Å². The molecule has 0 unspecified atom stereocenters. The molecule has 2 aromatic heterocycles. The molecule has 0 aliphatic rings. The van der Waals surface area contributed by atoms with Gasteiger partial charge in [0.15, 0.2) is 5.65 Å². The summed E-state index contributed by atoms with van der Waals surface area (Å²) in [6, 6.07) is 3.88. The number of aromatic hydroxyl groups is 1. The van der Waals surface area contributed by atoms with Crippen molar-refractivity contribution in [1.82, 2.24) is 14.6 Å². The lowest BCUT2D eigenvalue weighted by atomic mass is 10.1. The van der Waals surface area contributed by atoms with Gasteiger partial charge in [0.05, 0.1) is 16.8 Å². The van der Waals surface area contributed by atoms with Crippen molar-refractivity contribution >= 4 is 28.8 Å². The third kappa shape index (κ3) is 1.91. The van der Waals surface area contributed by atoms with Crippen molar-refractivity contribution in [3.05, 3.63) is 46.5 Å². The molecule has 1 aromatic carbocycles. The molecule has 0 fully saturated rings. The molecule has 3 aromatic rings. The third-order valence-corrected chi connectivity index (χ3v) is 3.26. The van der Waals surface area contributed by atoms with Crippen LogP contribution < -0.4 is 0 Å². The maximum atomic E-state index is 13.0. The number of nitrogens with zero attached hydrogens (tertiary/aromatic N) is 3. The van der Waals surface area contributed by atoms with Crippen molar-refractivity contribution in [2.45, 2.75) is 0 Å². The first-order valence-electron chi connectivity index (χ1n) is 5.24. The number of aromatic nitrogens is 3. The highest BCUT2D eigenvalue weighted by Crippen LogP contribution is 2.34. The zero-order valence-corrected chi connectivity index (χ0v) is 10.8. The Hall–Kier alpha value is -1.85. The Kier molecular flexibility index (Phi) is 2.80. The Labute approximate surface area is 117 Å². The standard InChI is InChI=1S/C12H6Cl2FN3O/c13-9-3-6(15)1-2-7(9)8-4-16-11-10(14)5-17-18(11)12(8)19/h1-5,19H. The zero-order valence-electron chi connectivity index (χ0n) is 9.31. The fraction of sp³-hybridized carbons (Fsp3) is 0. The second kappa shape index (κ2) is 4.36. The van der Waals surface area contributed by atoms with Gasteiger partial charge in [-0.2, -0.15) is 9.61 Å². The summed E-state index contributed by atoms with van der Waals surface area (Å²) < 4.78 is 14.2. The van der Waals surface area contributed by atoms with Crippen molar-refractivity contribution in [3.63, 3.8) is 0 Å². The maximum Gasteiger partial charge on any atom is 0.223 e. The summed E-state index contributed by atoms with van der Waals surface area (Å²) in [6.45, 7) is 0. The van der Waals surface area contributed by atoms with Crippen molar-refractivity contribution < 1.29 is 9.50 Å². The molecule has 4 nitrogen and oxygen atoms in total. The SMILES string of the molecule is Oc1c(-c2ccc(F)cc2Cl)cnc2c(Cl)cnn12. The summed E-state index contributed by atoms with van der Waals surface area (Å²) in [7, 11) is 0. The topological polar surface area (TPSA) is 50.4 Å². The van der Waals surface area contributed by atoms with E-state index in [-0.39, 0.29) is 10.9 Å². The molecule has 19 heavy (non-hydrogen) atoms. The minimum absolute atomic E-state index is 0.162. The minimum Gasteiger partial charge on any atom is -0.493 e. The van der Waals surface area contributed by atoms with Gasteiger partial charge in [0.1, 0.15) is 10.8 Å². The number of benzene rings is 1. The van der Waals surface area contributed by atoms with Gasteiger partial charge in [0, 0.05) is 11.8 Å². The minimum atomic E-state index is -0.454. The highest BCUT2D eigenvalue weighted by atomic mass is 35.5. The third-order valence-electron chi connectivity index (χ3n) is 2.68. The van der Waals surface area contributed by atoms with Crippen LogP contribution in [0.5, 0.6) is 5.88 Å². The molecule has 0 aliphatic carbocycles. The predicted octanol–water partition coefficient (Wildman–Crippen LogP) is 3.55. The summed E-state index contributed by atoms with van der Waals surface area (Å²) in [6.07, 6.45) is 2.79. The Bertz CT molecular complexity index is 788. The van der Waals surface area contributed by atoms with Gasteiger partial charge in [0.25, 0.3) is 0 Å². The second-order valence-corrected chi connectivity index (χ2v) is 4.66. The lowest BCUT2D eigenvalue weighted by Gasteiger charge is -2.07. The molecule has 0 atom stereocenters. The average Bonchev–Trinajstić information content (AvgIpc) is 2.74. The van der Waals surface area contributed by atoms with Gasteiger partial charge >= 0.3 is 0 Å². The van der Waals surface area contributed by atoms with E-state index in [2.05, 4.69) is 10.1 Å². The molecule has 3 rings (SSSR count). The van der Waals surface area contributed by atoms with Gasteiger partial charge in [-0.1, -0.05) is 23.2 Å². The zero-order chi connectivity index (χ0) is 13.6. The van der Waals surface area contributed by atoms with E-state index in [0.717, 1.165) is 6.07 Å². The predicted molar refractivity (Wildman–Crippen MR) is 70.1 cm³/mol. The molecule has 7 heteroatoms. The second-order valence-electron chi connectivity index (χ2n) is 3.85. The Morgan fingerprint density at radius 1 is 1.11 bits per heavy atom. The van der Waals surface area contributed by atoms with Crippen LogP contribution in [0.15, 0.2) is 30.6 Å². The van der Waals surface area contributed by atoms with Gasteiger partial charge in [-0.3, -0.25) is 0 Å². The van der Waals surface area contributed by atoms with Crippen LogP contribution in [0, 0.1) is 5.82 Å².